The van der Waals surface area contributed by atoms with E-state index in [0.29, 0.717) is 23.3 Å². The van der Waals surface area contributed by atoms with E-state index in [0.717, 1.165) is 51.1 Å². The zero-order chi connectivity index (χ0) is 31.4. The van der Waals surface area contributed by atoms with Gasteiger partial charge in [0.1, 0.15) is 5.75 Å². The van der Waals surface area contributed by atoms with Gasteiger partial charge in [0, 0.05) is 11.1 Å². The van der Waals surface area contributed by atoms with Gasteiger partial charge in [0.15, 0.2) is 5.78 Å². The molecular weight excluding hydrogens is 561 g/mol. The Balaban J connectivity index is 1.26. The molecule has 3 nitrogen and oxygen atoms in total. The predicted molar refractivity (Wildman–Crippen MR) is 167 cm³/mol. The number of alkyl halides is 3. The minimum absolute atomic E-state index is 0.123. The number of benzene rings is 5. The molecule has 0 bridgehead atoms. The fourth-order valence-corrected chi connectivity index (χ4v) is 4.90. The molecule has 0 N–H and O–H groups in total. The average Bonchev–Trinajstić information content (AvgIpc) is 3.04. The van der Waals surface area contributed by atoms with Gasteiger partial charge in [-0.1, -0.05) is 92.7 Å². The Morgan fingerprint density at radius 2 is 1.11 bits per heavy atom. The SMILES string of the molecule is CCC(C)C(=O)Oc1ccc(C(=O)c2ccc(-c3ccc(-c4ccc(-c5ccc(C(F)(F)F)cc5)c(C)c4)cc3)cc2)cc1. The normalized spacial score (nSPS) is 12.0. The van der Waals surface area contributed by atoms with E-state index in [2.05, 4.69) is 0 Å². The average molecular weight is 593 g/mol. The van der Waals surface area contributed by atoms with Gasteiger partial charge in [-0.3, -0.25) is 9.59 Å². The molecule has 0 aliphatic heterocycles. The maximum absolute atomic E-state index is 13.0. The highest BCUT2D eigenvalue weighted by atomic mass is 19.4. The van der Waals surface area contributed by atoms with Gasteiger partial charge in [0.25, 0.3) is 0 Å². The number of carbonyl (C=O) groups excluding carboxylic acids is 2. The Labute approximate surface area is 255 Å². The molecule has 6 heteroatoms. The monoisotopic (exact) mass is 592 g/mol. The van der Waals surface area contributed by atoms with Crippen LogP contribution in [0.25, 0.3) is 33.4 Å². The summed E-state index contributed by atoms with van der Waals surface area (Å²) in [5.41, 5.74) is 6.97. The molecule has 44 heavy (non-hydrogen) atoms. The molecule has 5 aromatic rings. The molecule has 0 amide bonds. The third kappa shape index (κ3) is 6.81. The molecule has 0 aliphatic rings. The molecule has 0 aliphatic carbocycles. The lowest BCUT2D eigenvalue weighted by Crippen LogP contribution is -2.16. The summed E-state index contributed by atoms with van der Waals surface area (Å²) in [5, 5.41) is 0. The predicted octanol–water partition coefficient (Wildman–Crippen LogP) is 10.2. The van der Waals surface area contributed by atoms with Gasteiger partial charge < -0.3 is 4.74 Å². The highest BCUT2D eigenvalue weighted by Crippen LogP contribution is 2.33. The van der Waals surface area contributed by atoms with Crippen LogP contribution >= 0.6 is 0 Å². The smallest absolute Gasteiger partial charge is 0.416 e. The van der Waals surface area contributed by atoms with Crippen molar-refractivity contribution in [3.05, 3.63) is 138 Å². The highest BCUT2D eigenvalue weighted by Gasteiger charge is 2.30. The number of hydrogen-bond donors (Lipinski definition) is 0. The number of ether oxygens (including phenoxy) is 1. The van der Waals surface area contributed by atoms with Crippen LogP contribution in [0.15, 0.2) is 115 Å². The van der Waals surface area contributed by atoms with Crippen molar-refractivity contribution < 1.29 is 27.5 Å². The standard InChI is InChI=1S/C38H31F3O3/c1-4-24(2)37(43)44-34-20-15-31(16-21-34)36(42)30-11-9-27(10-12-30)26-5-7-28(8-6-26)32-17-22-35(25(3)23-32)29-13-18-33(19-14-29)38(39,40)41/h5-24H,4H2,1-3H3. The highest BCUT2D eigenvalue weighted by molar-refractivity contribution is 6.09. The number of aryl methyl sites for hydroxylation is 1. The molecular formula is C38H31F3O3. The summed E-state index contributed by atoms with van der Waals surface area (Å²) in [6, 6.07) is 33.2. The summed E-state index contributed by atoms with van der Waals surface area (Å²) < 4.78 is 44.2. The van der Waals surface area contributed by atoms with E-state index < -0.39 is 11.7 Å². The first-order valence-corrected chi connectivity index (χ1v) is 14.4. The lowest BCUT2D eigenvalue weighted by Gasteiger charge is -2.12. The lowest BCUT2D eigenvalue weighted by atomic mass is 9.94. The second-order valence-electron chi connectivity index (χ2n) is 10.8. The zero-order valence-electron chi connectivity index (χ0n) is 24.6. The Kier molecular flexibility index (Phi) is 8.81. The molecule has 0 saturated heterocycles. The number of rotatable bonds is 8. The van der Waals surface area contributed by atoms with Crippen molar-refractivity contribution in [1.29, 1.82) is 0 Å². The van der Waals surface area contributed by atoms with E-state index in [9.17, 15) is 22.8 Å². The van der Waals surface area contributed by atoms with Crippen LogP contribution in [-0.2, 0) is 11.0 Å². The van der Waals surface area contributed by atoms with Crippen LogP contribution in [0.2, 0.25) is 0 Å². The van der Waals surface area contributed by atoms with Crippen molar-refractivity contribution in [2.45, 2.75) is 33.4 Å². The number of hydrogen-bond acceptors (Lipinski definition) is 3. The maximum atomic E-state index is 13.0. The molecule has 0 radical (unpaired) electrons. The minimum Gasteiger partial charge on any atom is -0.426 e. The van der Waals surface area contributed by atoms with E-state index in [1.807, 2.05) is 75.4 Å². The number of halogens is 3. The topological polar surface area (TPSA) is 43.4 Å². The second-order valence-corrected chi connectivity index (χ2v) is 10.8. The summed E-state index contributed by atoms with van der Waals surface area (Å²) >= 11 is 0. The van der Waals surface area contributed by atoms with E-state index in [4.69, 9.17) is 4.74 Å². The van der Waals surface area contributed by atoms with Crippen molar-refractivity contribution >= 4 is 11.8 Å². The quantitative estimate of drug-likeness (QED) is 0.102. The Bertz CT molecular complexity index is 1770. The Morgan fingerprint density at radius 1 is 0.659 bits per heavy atom. The van der Waals surface area contributed by atoms with Crippen LogP contribution in [0.1, 0.15) is 47.3 Å². The van der Waals surface area contributed by atoms with Crippen molar-refractivity contribution in [2.75, 3.05) is 0 Å². The van der Waals surface area contributed by atoms with Gasteiger partial charge in [-0.2, -0.15) is 13.2 Å². The first kappa shape index (κ1) is 30.5. The summed E-state index contributed by atoms with van der Waals surface area (Å²) in [5.74, 6) is -0.192. The van der Waals surface area contributed by atoms with E-state index in [1.54, 1.807) is 36.4 Å². The van der Waals surface area contributed by atoms with E-state index in [-0.39, 0.29) is 17.7 Å². The molecule has 0 fully saturated rings. The van der Waals surface area contributed by atoms with E-state index >= 15 is 0 Å². The first-order chi connectivity index (χ1) is 21.0. The van der Waals surface area contributed by atoms with Gasteiger partial charge in [0.2, 0.25) is 0 Å². The summed E-state index contributed by atoms with van der Waals surface area (Å²) in [6.45, 7) is 5.69. The summed E-state index contributed by atoms with van der Waals surface area (Å²) in [6.07, 6.45) is -3.66. The van der Waals surface area contributed by atoms with Gasteiger partial charge in [0.05, 0.1) is 11.5 Å². The molecule has 0 heterocycles. The van der Waals surface area contributed by atoms with Gasteiger partial charge in [-0.25, -0.2) is 0 Å². The lowest BCUT2D eigenvalue weighted by molar-refractivity contribution is -0.138. The number of esters is 1. The molecule has 5 aromatic carbocycles. The van der Waals surface area contributed by atoms with Crippen LogP contribution in [0.4, 0.5) is 13.2 Å². The molecule has 0 aromatic heterocycles. The molecule has 222 valence electrons. The van der Waals surface area contributed by atoms with Crippen molar-refractivity contribution in [3.8, 4) is 39.1 Å². The van der Waals surface area contributed by atoms with Crippen LogP contribution in [-0.4, -0.2) is 11.8 Å². The van der Waals surface area contributed by atoms with Crippen LogP contribution in [0.3, 0.4) is 0 Å². The van der Waals surface area contributed by atoms with Gasteiger partial charge >= 0.3 is 12.1 Å². The maximum Gasteiger partial charge on any atom is 0.416 e. The first-order valence-electron chi connectivity index (χ1n) is 14.4. The second kappa shape index (κ2) is 12.7. The fraction of sp³-hybridized carbons (Fsp3) is 0.158. The molecule has 0 saturated carbocycles. The number of ketones is 1. The Morgan fingerprint density at radius 3 is 1.61 bits per heavy atom. The van der Waals surface area contributed by atoms with Crippen molar-refractivity contribution in [3.63, 3.8) is 0 Å². The fourth-order valence-electron chi connectivity index (χ4n) is 4.90. The zero-order valence-corrected chi connectivity index (χ0v) is 24.6. The van der Waals surface area contributed by atoms with Crippen molar-refractivity contribution in [1.82, 2.24) is 0 Å². The summed E-state index contributed by atoms with van der Waals surface area (Å²) in [7, 11) is 0. The molecule has 1 unspecified atom stereocenters. The molecule has 5 rings (SSSR count). The number of carbonyl (C=O) groups is 2. The molecule has 1 atom stereocenters. The van der Waals surface area contributed by atoms with Gasteiger partial charge in [-0.05, 0) is 88.7 Å². The third-order valence-electron chi connectivity index (χ3n) is 7.80. The van der Waals surface area contributed by atoms with Crippen LogP contribution in [0, 0.1) is 12.8 Å². The van der Waals surface area contributed by atoms with Gasteiger partial charge in [-0.15, -0.1) is 0 Å². The third-order valence-corrected chi connectivity index (χ3v) is 7.80. The largest absolute Gasteiger partial charge is 0.426 e. The minimum atomic E-state index is -4.36. The molecule has 0 spiro atoms. The van der Waals surface area contributed by atoms with E-state index in [1.165, 1.54) is 12.1 Å². The summed E-state index contributed by atoms with van der Waals surface area (Å²) in [4.78, 5) is 25.0. The Hall–Kier alpha value is -4.97. The van der Waals surface area contributed by atoms with Crippen molar-refractivity contribution in [2.24, 2.45) is 5.92 Å². The van der Waals surface area contributed by atoms with Crippen LogP contribution in [0.5, 0.6) is 5.75 Å². The van der Waals surface area contributed by atoms with Crippen LogP contribution < -0.4 is 4.74 Å².